The van der Waals surface area contributed by atoms with E-state index in [2.05, 4.69) is 11.9 Å². The van der Waals surface area contributed by atoms with Crippen molar-refractivity contribution in [2.24, 2.45) is 0 Å². The van der Waals surface area contributed by atoms with E-state index in [-0.39, 0.29) is 0 Å². The van der Waals surface area contributed by atoms with Crippen LogP contribution in [-0.4, -0.2) is 4.98 Å². The van der Waals surface area contributed by atoms with Crippen molar-refractivity contribution in [1.82, 2.24) is 4.98 Å². The van der Waals surface area contributed by atoms with Gasteiger partial charge in [0.05, 0.1) is 0 Å². The molecule has 1 heterocycles. The van der Waals surface area contributed by atoms with Crippen molar-refractivity contribution in [3.05, 3.63) is 49.4 Å². The van der Waals surface area contributed by atoms with Gasteiger partial charge in [-0.15, -0.1) is 11.3 Å². The monoisotopic (exact) mass is 255 g/mol. The summed E-state index contributed by atoms with van der Waals surface area (Å²) in [6.45, 7) is 2.05. The fraction of sp³-hybridized carbons (Fsp3) is 0.182. The number of thiazole rings is 1. The molecule has 1 nitrogen and oxygen atoms in total. The van der Waals surface area contributed by atoms with Crippen molar-refractivity contribution >= 4 is 35.2 Å². The van der Waals surface area contributed by atoms with E-state index in [0.717, 1.165) is 15.4 Å². The second-order valence-electron chi connectivity index (χ2n) is 3.37. The van der Waals surface area contributed by atoms with Gasteiger partial charge in [0, 0.05) is 22.0 Å². The predicted molar refractivity (Wildman–Crippen MR) is 68.5 cm³/mol. The standard InChI is InChI=1S/C11H10ClNS2/c1-7-10(15-11(14)13-7)6-8-2-4-9(12)5-3-8/h2-5H,6H2,1H3,(H,13,14). The molecule has 0 amide bonds. The van der Waals surface area contributed by atoms with Gasteiger partial charge in [-0.05, 0) is 36.8 Å². The molecule has 1 N–H and O–H groups in total. The summed E-state index contributed by atoms with van der Waals surface area (Å²) in [5.41, 5.74) is 2.42. The molecular weight excluding hydrogens is 246 g/mol. The molecule has 0 atom stereocenters. The highest BCUT2D eigenvalue weighted by atomic mass is 35.5. The molecule has 1 aromatic heterocycles. The number of aromatic nitrogens is 1. The molecule has 0 unspecified atom stereocenters. The summed E-state index contributed by atoms with van der Waals surface area (Å²) in [6, 6.07) is 7.92. The number of aryl methyl sites for hydroxylation is 1. The Morgan fingerprint density at radius 3 is 2.53 bits per heavy atom. The Morgan fingerprint density at radius 1 is 1.33 bits per heavy atom. The smallest absolute Gasteiger partial charge is 0.158 e. The second kappa shape index (κ2) is 4.47. The van der Waals surface area contributed by atoms with E-state index < -0.39 is 0 Å². The molecule has 0 aliphatic heterocycles. The molecule has 0 aliphatic rings. The first-order valence-electron chi connectivity index (χ1n) is 4.58. The van der Waals surface area contributed by atoms with Gasteiger partial charge in [-0.1, -0.05) is 23.7 Å². The van der Waals surface area contributed by atoms with Crippen molar-refractivity contribution in [3.63, 3.8) is 0 Å². The van der Waals surface area contributed by atoms with Crippen molar-refractivity contribution in [2.75, 3.05) is 0 Å². The maximum atomic E-state index is 5.83. The van der Waals surface area contributed by atoms with Crippen LogP contribution in [0, 0.1) is 10.9 Å². The van der Waals surface area contributed by atoms with Crippen molar-refractivity contribution in [2.45, 2.75) is 13.3 Å². The van der Waals surface area contributed by atoms with Gasteiger partial charge < -0.3 is 4.98 Å². The van der Waals surface area contributed by atoms with Crippen LogP contribution in [0.25, 0.3) is 0 Å². The zero-order valence-electron chi connectivity index (χ0n) is 8.21. The third-order valence-corrected chi connectivity index (χ3v) is 3.79. The van der Waals surface area contributed by atoms with Crippen LogP contribution in [0.3, 0.4) is 0 Å². The SMILES string of the molecule is Cc1[nH]c(=S)sc1Cc1ccc(Cl)cc1. The minimum absolute atomic E-state index is 0.775. The van der Waals surface area contributed by atoms with Crippen molar-refractivity contribution in [1.29, 1.82) is 0 Å². The Bertz CT molecular complexity index is 510. The quantitative estimate of drug-likeness (QED) is 0.789. The van der Waals surface area contributed by atoms with Crippen LogP contribution in [-0.2, 0) is 6.42 Å². The van der Waals surface area contributed by atoms with Gasteiger partial charge in [0.15, 0.2) is 3.95 Å². The van der Waals surface area contributed by atoms with Gasteiger partial charge in [-0.3, -0.25) is 0 Å². The first kappa shape index (κ1) is 10.9. The molecule has 0 radical (unpaired) electrons. The summed E-state index contributed by atoms with van der Waals surface area (Å²) in [7, 11) is 0. The molecular formula is C11H10ClNS2. The average Bonchev–Trinajstić information content (AvgIpc) is 2.49. The lowest BCUT2D eigenvalue weighted by Gasteiger charge is -1.99. The lowest BCUT2D eigenvalue weighted by atomic mass is 10.1. The van der Waals surface area contributed by atoms with Crippen molar-refractivity contribution < 1.29 is 0 Å². The highest BCUT2D eigenvalue weighted by Crippen LogP contribution is 2.20. The summed E-state index contributed by atoms with van der Waals surface area (Å²) in [6.07, 6.45) is 0.917. The Balaban J connectivity index is 2.25. The van der Waals surface area contributed by atoms with Gasteiger partial charge in [-0.2, -0.15) is 0 Å². The Morgan fingerprint density at radius 2 is 2.00 bits per heavy atom. The molecule has 0 bridgehead atoms. The number of benzene rings is 1. The van der Waals surface area contributed by atoms with Crippen LogP contribution in [0.4, 0.5) is 0 Å². The predicted octanol–water partition coefficient (Wildman–Crippen LogP) is 4.36. The normalized spacial score (nSPS) is 10.5. The summed E-state index contributed by atoms with van der Waals surface area (Å²) < 4.78 is 0.844. The number of halogens is 1. The zero-order valence-corrected chi connectivity index (χ0v) is 10.6. The fourth-order valence-electron chi connectivity index (χ4n) is 1.39. The van der Waals surface area contributed by atoms with E-state index in [4.69, 9.17) is 23.8 Å². The summed E-state index contributed by atoms with van der Waals surface area (Å²) in [5, 5.41) is 0.775. The molecule has 2 aromatic rings. The van der Waals surface area contributed by atoms with Gasteiger partial charge in [0.2, 0.25) is 0 Å². The maximum absolute atomic E-state index is 5.83. The van der Waals surface area contributed by atoms with Crippen LogP contribution >= 0.6 is 35.2 Å². The number of aromatic amines is 1. The molecule has 15 heavy (non-hydrogen) atoms. The number of nitrogens with one attached hydrogen (secondary N) is 1. The first-order valence-corrected chi connectivity index (χ1v) is 6.18. The molecule has 2 rings (SSSR count). The Kier molecular flexibility index (Phi) is 3.24. The molecule has 0 aliphatic carbocycles. The number of rotatable bonds is 2. The summed E-state index contributed by atoms with van der Waals surface area (Å²) in [4.78, 5) is 4.44. The molecule has 4 heteroatoms. The van der Waals surface area contributed by atoms with Gasteiger partial charge >= 0.3 is 0 Å². The van der Waals surface area contributed by atoms with E-state index in [1.165, 1.54) is 16.1 Å². The van der Waals surface area contributed by atoms with Gasteiger partial charge in [0.25, 0.3) is 0 Å². The van der Waals surface area contributed by atoms with Crippen LogP contribution in [0.2, 0.25) is 5.02 Å². The average molecular weight is 256 g/mol. The lowest BCUT2D eigenvalue weighted by molar-refractivity contribution is 1.14. The largest absolute Gasteiger partial charge is 0.341 e. The van der Waals surface area contributed by atoms with Gasteiger partial charge in [-0.25, -0.2) is 0 Å². The molecule has 0 spiro atoms. The Labute approximate surface area is 103 Å². The number of hydrogen-bond acceptors (Lipinski definition) is 2. The summed E-state index contributed by atoms with van der Waals surface area (Å²) >= 11 is 12.6. The topological polar surface area (TPSA) is 15.8 Å². The van der Waals surface area contributed by atoms with E-state index >= 15 is 0 Å². The Hall–Kier alpha value is -0.640. The summed E-state index contributed by atoms with van der Waals surface area (Å²) in [5.74, 6) is 0. The van der Waals surface area contributed by atoms with Crippen molar-refractivity contribution in [3.8, 4) is 0 Å². The van der Waals surface area contributed by atoms with Crippen LogP contribution in [0.15, 0.2) is 24.3 Å². The fourth-order valence-corrected chi connectivity index (χ4v) is 2.84. The van der Waals surface area contributed by atoms with E-state index in [1.54, 1.807) is 11.3 Å². The zero-order chi connectivity index (χ0) is 10.8. The first-order chi connectivity index (χ1) is 7.15. The van der Waals surface area contributed by atoms with E-state index in [1.807, 2.05) is 24.3 Å². The van der Waals surface area contributed by atoms with Crippen LogP contribution < -0.4 is 0 Å². The second-order valence-corrected chi connectivity index (χ2v) is 5.57. The molecule has 78 valence electrons. The highest BCUT2D eigenvalue weighted by molar-refractivity contribution is 7.73. The maximum Gasteiger partial charge on any atom is 0.158 e. The van der Waals surface area contributed by atoms with Crippen LogP contribution in [0.1, 0.15) is 16.1 Å². The molecule has 0 fully saturated rings. The number of hydrogen-bond donors (Lipinski definition) is 1. The van der Waals surface area contributed by atoms with E-state index in [0.29, 0.717) is 0 Å². The lowest BCUT2D eigenvalue weighted by Crippen LogP contribution is -1.86. The minimum Gasteiger partial charge on any atom is -0.341 e. The third kappa shape index (κ3) is 2.68. The highest BCUT2D eigenvalue weighted by Gasteiger charge is 2.03. The van der Waals surface area contributed by atoms with E-state index in [9.17, 15) is 0 Å². The van der Waals surface area contributed by atoms with Crippen LogP contribution in [0.5, 0.6) is 0 Å². The molecule has 1 aromatic carbocycles. The minimum atomic E-state index is 0.775. The third-order valence-electron chi connectivity index (χ3n) is 2.20. The number of H-pyrrole nitrogens is 1. The molecule has 0 saturated carbocycles. The van der Waals surface area contributed by atoms with Gasteiger partial charge in [0.1, 0.15) is 0 Å². The molecule has 0 saturated heterocycles.